The number of amides is 2. The van der Waals surface area contributed by atoms with E-state index < -0.39 is 0 Å². The van der Waals surface area contributed by atoms with Crippen LogP contribution in [-0.4, -0.2) is 36.1 Å². The number of nitrogens with one attached hydrogen (secondary N) is 1. The Morgan fingerprint density at radius 3 is 2.57 bits per heavy atom. The molecule has 1 fully saturated rings. The molecule has 1 aliphatic rings. The predicted octanol–water partition coefficient (Wildman–Crippen LogP) is 2.88. The Kier molecular flexibility index (Phi) is 5.20. The number of hydrogen-bond acceptors (Lipinski definition) is 3. The molecular weight excluding hydrogens is 268 g/mol. The first-order valence-electron chi connectivity index (χ1n) is 7.41. The lowest BCUT2D eigenvalue weighted by atomic mass is 10.1. The van der Waals surface area contributed by atoms with Gasteiger partial charge in [0.1, 0.15) is 0 Å². The lowest BCUT2D eigenvalue weighted by molar-refractivity contribution is -0.147. The molecule has 1 saturated carbocycles. The maximum Gasteiger partial charge on any atom is 0.322 e. The number of rotatable bonds is 6. The van der Waals surface area contributed by atoms with Gasteiger partial charge in [-0.25, -0.2) is 4.79 Å². The number of urea groups is 1. The number of benzene rings is 1. The van der Waals surface area contributed by atoms with E-state index in [1.165, 1.54) is 0 Å². The molecule has 1 N–H and O–H groups in total. The number of ether oxygens (including phenoxy) is 1. The molecule has 1 aromatic rings. The number of anilines is 1. The van der Waals surface area contributed by atoms with Crippen molar-refractivity contribution in [3.05, 3.63) is 30.3 Å². The van der Waals surface area contributed by atoms with Crippen molar-refractivity contribution in [2.24, 2.45) is 5.92 Å². The van der Waals surface area contributed by atoms with E-state index in [9.17, 15) is 9.59 Å². The zero-order chi connectivity index (χ0) is 15.2. The van der Waals surface area contributed by atoms with Crippen LogP contribution in [0.3, 0.4) is 0 Å². The molecule has 21 heavy (non-hydrogen) atoms. The van der Waals surface area contributed by atoms with Crippen molar-refractivity contribution >= 4 is 17.7 Å². The van der Waals surface area contributed by atoms with Crippen LogP contribution >= 0.6 is 0 Å². The van der Waals surface area contributed by atoms with Gasteiger partial charge in [-0.3, -0.25) is 4.79 Å². The van der Waals surface area contributed by atoms with Gasteiger partial charge in [-0.1, -0.05) is 25.1 Å². The topological polar surface area (TPSA) is 58.6 Å². The summed E-state index contributed by atoms with van der Waals surface area (Å²) in [5.41, 5.74) is 0.761. The Morgan fingerprint density at radius 2 is 2.00 bits per heavy atom. The number of nitrogens with zero attached hydrogens (tertiary/aromatic N) is 1. The summed E-state index contributed by atoms with van der Waals surface area (Å²) in [7, 11) is 0. The maximum absolute atomic E-state index is 12.4. The van der Waals surface area contributed by atoms with Gasteiger partial charge in [0.15, 0.2) is 0 Å². The number of esters is 1. The Labute approximate surface area is 125 Å². The van der Waals surface area contributed by atoms with Crippen LogP contribution in [0.4, 0.5) is 10.5 Å². The quantitative estimate of drug-likeness (QED) is 0.820. The van der Waals surface area contributed by atoms with E-state index in [0.717, 1.165) is 18.5 Å². The molecule has 0 aromatic heterocycles. The summed E-state index contributed by atoms with van der Waals surface area (Å²) in [6, 6.07) is 9.42. The molecule has 1 atom stereocenters. The van der Waals surface area contributed by atoms with Crippen LogP contribution in [0.25, 0.3) is 0 Å². The van der Waals surface area contributed by atoms with Crippen molar-refractivity contribution in [1.82, 2.24) is 4.90 Å². The Bertz CT molecular complexity index is 486. The maximum atomic E-state index is 12.4. The molecule has 2 rings (SSSR count). The lowest BCUT2D eigenvalue weighted by Gasteiger charge is -2.25. The molecule has 0 heterocycles. The fourth-order valence-corrected chi connectivity index (χ4v) is 2.15. The minimum absolute atomic E-state index is 0.153. The van der Waals surface area contributed by atoms with E-state index in [4.69, 9.17) is 4.74 Å². The molecule has 0 aliphatic heterocycles. The number of para-hydroxylation sites is 1. The summed E-state index contributed by atoms with van der Waals surface area (Å²) in [5, 5.41) is 2.87. The zero-order valence-electron chi connectivity index (χ0n) is 12.5. The molecule has 5 heteroatoms. The molecule has 5 nitrogen and oxygen atoms in total. The first-order valence-corrected chi connectivity index (χ1v) is 7.41. The largest absolute Gasteiger partial charge is 0.466 e. The van der Waals surface area contributed by atoms with Crippen molar-refractivity contribution in [3.63, 3.8) is 0 Å². The van der Waals surface area contributed by atoms with Gasteiger partial charge in [0.05, 0.1) is 12.5 Å². The van der Waals surface area contributed by atoms with Crippen LogP contribution in [0.5, 0.6) is 0 Å². The molecule has 0 spiro atoms. The van der Waals surface area contributed by atoms with Crippen LogP contribution in [0, 0.1) is 5.92 Å². The number of carbonyl (C=O) groups excluding carboxylic acids is 2. The van der Waals surface area contributed by atoms with Crippen molar-refractivity contribution in [2.75, 3.05) is 18.5 Å². The molecule has 0 saturated heterocycles. The van der Waals surface area contributed by atoms with Gasteiger partial charge in [0, 0.05) is 18.3 Å². The smallest absolute Gasteiger partial charge is 0.322 e. The second kappa shape index (κ2) is 7.11. The van der Waals surface area contributed by atoms with Crippen molar-refractivity contribution in [3.8, 4) is 0 Å². The second-order valence-corrected chi connectivity index (χ2v) is 5.33. The predicted molar refractivity (Wildman–Crippen MR) is 81.0 cm³/mol. The van der Waals surface area contributed by atoms with Gasteiger partial charge >= 0.3 is 12.0 Å². The van der Waals surface area contributed by atoms with Crippen LogP contribution in [0.15, 0.2) is 30.3 Å². The lowest BCUT2D eigenvalue weighted by Crippen LogP contribution is -2.41. The second-order valence-electron chi connectivity index (χ2n) is 5.33. The molecular formula is C16H22N2O3. The zero-order valence-corrected chi connectivity index (χ0v) is 12.5. The average Bonchev–Trinajstić information content (AvgIpc) is 3.30. The summed E-state index contributed by atoms with van der Waals surface area (Å²) in [5.74, 6) is -0.567. The van der Waals surface area contributed by atoms with E-state index in [0.29, 0.717) is 13.2 Å². The van der Waals surface area contributed by atoms with Crippen LogP contribution < -0.4 is 5.32 Å². The van der Waals surface area contributed by atoms with Crippen molar-refractivity contribution < 1.29 is 14.3 Å². The first kappa shape index (κ1) is 15.4. The fraction of sp³-hybridized carbons (Fsp3) is 0.500. The highest BCUT2D eigenvalue weighted by atomic mass is 16.5. The monoisotopic (exact) mass is 290 g/mol. The minimum Gasteiger partial charge on any atom is -0.466 e. The Morgan fingerprint density at radius 1 is 1.33 bits per heavy atom. The molecule has 1 unspecified atom stereocenters. The SMILES string of the molecule is CCOC(=O)C(C)CN(C(=O)Nc1ccccc1)C1CC1. The highest BCUT2D eigenvalue weighted by Gasteiger charge is 2.34. The summed E-state index contributed by atoms with van der Waals surface area (Å²) in [6.07, 6.45) is 2.00. The van der Waals surface area contributed by atoms with Crippen molar-refractivity contribution in [1.29, 1.82) is 0 Å². The normalized spacial score (nSPS) is 15.1. The summed E-state index contributed by atoms with van der Waals surface area (Å²) in [6.45, 7) is 4.33. The third kappa shape index (κ3) is 4.48. The molecule has 2 amide bonds. The summed E-state index contributed by atoms with van der Waals surface area (Å²) < 4.78 is 5.01. The number of carbonyl (C=O) groups is 2. The van der Waals surface area contributed by atoms with Crippen LogP contribution in [0.1, 0.15) is 26.7 Å². The third-order valence-electron chi connectivity index (χ3n) is 3.43. The van der Waals surface area contributed by atoms with E-state index >= 15 is 0 Å². The van der Waals surface area contributed by atoms with E-state index in [-0.39, 0.29) is 24.0 Å². The van der Waals surface area contributed by atoms with Crippen LogP contribution in [-0.2, 0) is 9.53 Å². The van der Waals surface area contributed by atoms with E-state index in [1.807, 2.05) is 30.3 Å². The van der Waals surface area contributed by atoms with Gasteiger partial charge in [-0.05, 0) is 31.9 Å². The fourth-order valence-electron chi connectivity index (χ4n) is 2.15. The van der Waals surface area contributed by atoms with Gasteiger partial charge in [-0.15, -0.1) is 0 Å². The molecule has 0 radical (unpaired) electrons. The Hall–Kier alpha value is -2.04. The molecule has 1 aromatic carbocycles. The van der Waals surface area contributed by atoms with Crippen molar-refractivity contribution in [2.45, 2.75) is 32.7 Å². The van der Waals surface area contributed by atoms with Gasteiger partial charge in [-0.2, -0.15) is 0 Å². The third-order valence-corrected chi connectivity index (χ3v) is 3.43. The highest BCUT2D eigenvalue weighted by Crippen LogP contribution is 2.28. The molecule has 0 bridgehead atoms. The molecule has 1 aliphatic carbocycles. The minimum atomic E-state index is -0.313. The van der Waals surface area contributed by atoms with Gasteiger partial charge in [0.2, 0.25) is 0 Å². The molecule has 114 valence electrons. The number of hydrogen-bond donors (Lipinski definition) is 1. The van der Waals surface area contributed by atoms with Gasteiger partial charge < -0.3 is 15.0 Å². The van der Waals surface area contributed by atoms with Gasteiger partial charge in [0.25, 0.3) is 0 Å². The van der Waals surface area contributed by atoms with E-state index in [1.54, 1.807) is 18.7 Å². The Balaban J connectivity index is 1.95. The summed E-state index contributed by atoms with van der Waals surface area (Å²) in [4.78, 5) is 25.8. The highest BCUT2D eigenvalue weighted by molar-refractivity contribution is 5.90. The standard InChI is InChI=1S/C16H22N2O3/c1-3-21-15(19)12(2)11-18(14-9-10-14)16(20)17-13-7-5-4-6-8-13/h4-8,12,14H,3,9-11H2,1-2H3,(H,17,20). The summed E-state index contributed by atoms with van der Waals surface area (Å²) >= 11 is 0. The van der Waals surface area contributed by atoms with E-state index in [2.05, 4.69) is 5.32 Å². The average molecular weight is 290 g/mol. The first-order chi connectivity index (χ1) is 10.1. The van der Waals surface area contributed by atoms with Crippen LogP contribution in [0.2, 0.25) is 0 Å².